The minimum Gasteiger partial charge on any atom is -0.491 e. The van der Waals surface area contributed by atoms with Crippen LogP contribution in [0.25, 0.3) is 0 Å². The number of esters is 1. The Balaban J connectivity index is 1.26. The monoisotopic (exact) mass is 463 g/mol. The molecule has 1 saturated heterocycles. The molecule has 0 spiro atoms. The minimum atomic E-state index is -0.567. The largest absolute Gasteiger partial charge is 0.491 e. The molecule has 0 bridgehead atoms. The number of hydrogen-bond acceptors (Lipinski definition) is 6. The molecule has 0 aliphatic carbocycles. The van der Waals surface area contributed by atoms with Crippen LogP contribution in [-0.2, 0) is 14.3 Å². The lowest BCUT2D eigenvalue weighted by Crippen LogP contribution is -2.21. The zero-order valence-corrected chi connectivity index (χ0v) is 18.9. The summed E-state index contributed by atoms with van der Waals surface area (Å²) in [6.45, 7) is 0.901. The van der Waals surface area contributed by atoms with Gasteiger partial charge in [0.15, 0.2) is 6.61 Å². The summed E-state index contributed by atoms with van der Waals surface area (Å²) in [5.41, 5.74) is 1.02. The summed E-state index contributed by atoms with van der Waals surface area (Å²) in [7, 11) is 0. The number of carbonyl (C=O) groups excluding carboxylic acids is 2. The summed E-state index contributed by atoms with van der Waals surface area (Å²) < 4.78 is 16.4. The van der Waals surface area contributed by atoms with Gasteiger partial charge < -0.3 is 19.5 Å². The fourth-order valence-electron chi connectivity index (χ4n) is 3.33. The highest BCUT2D eigenvalue weighted by molar-refractivity contribution is 7.99. The first kappa shape index (κ1) is 22.9. The summed E-state index contributed by atoms with van der Waals surface area (Å²) in [6, 6.07) is 24.1. The van der Waals surface area contributed by atoms with Crippen LogP contribution in [0.5, 0.6) is 5.75 Å². The second kappa shape index (κ2) is 11.5. The fraction of sp³-hybridized carbons (Fsp3) is 0.231. The first-order chi connectivity index (χ1) is 16.2. The molecule has 1 amide bonds. The van der Waals surface area contributed by atoms with E-state index in [0.717, 1.165) is 29.2 Å². The van der Waals surface area contributed by atoms with Gasteiger partial charge in [-0.15, -0.1) is 0 Å². The van der Waals surface area contributed by atoms with Crippen LogP contribution in [0.1, 0.15) is 23.2 Å². The number of anilines is 1. The molecule has 1 atom stereocenters. The van der Waals surface area contributed by atoms with Crippen molar-refractivity contribution < 1.29 is 23.8 Å². The van der Waals surface area contributed by atoms with Crippen LogP contribution in [-0.4, -0.2) is 37.8 Å². The number of carbonyl (C=O) groups is 2. The Morgan fingerprint density at radius 3 is 2.48 bits per heavy atom. The first-order valence-electron chi connectivity index (χ1n) is 10.8. The van der Waals surface area contributed by atoms with E-state index >= 15 is 0 Å². The molecule has 6 nitrogen and oxygen atoms in total. The Labute approximate surface area is 197 Å². The Kier molecular flexibility index (Phi) is 8.00. The minimum absolute atomic E-state index is 0.129. The molecule has 0 unspecified atom stereocenters. The standard InChI is InChI=1S/C26H25NO5S/c28-25(27-23-10-4-5-11-24(23)33-22-8-2-1-3-9-22)18-32-26(29)19-12-14-20(15-13-19)31-17-21-7-6-16-30-21/h1-5,8-15,21H,6-7,16-18H2,(H,27,28)/t21-/m0/s1. The Morgan fingerprint density at radius 2 is 1.73 bits per heavy atom. The van der Waals surface area contributed by atoms with Crippen LogP contribution in [0.3, 0.4) is 0 Å². The third-order valence-corrected chi connectivity index (χ3v) is 6.10. The van der Waals surface area contributed by atoms with Crippen molar-refractivity contribution in [3.63, 3.8) is 0 Å². The van der Waals surface area contributed by atoms with Crippen LogP contribution >= 0.6 is 11.8 Å². The second-order valence-corrected chi connectivity index (χ2v) is 8.62. The van der Waals surface area contributed by atoms with Gasteiger partial charge in [-0.25, -0.2) is 4.79 Å². The summed E-state index contributed by atoms with van der Waals surface area (Å²) in [5, 5.41) is 2.82. The molecule has 1 fully saturated rings. The highest BCUT2D eigenvalue weighted by atomic mass is 32.2. The van der Waals surface area contributed by atoms with Crippen molar-refractivity contribution in [1.82, 2.24) is 0 Å². The molecule has 4 rings (SSSR count). The molecule has 3 aromatic carbocycles. The molecular formula is C26H25NO5S. The van der Waals surface area contributed by atoms with Gasteiger partial charge in [-0.3, -0.25) is 4.79 Å². The number of para-hydroxylation sites is 1. The Hall–Kier alpha value is -3.29. The van der Waals surface area contributed by atoms with E-state index in [4.69, 9.17) is 14.2 Å². The van der Waals surface area contributed by atoms with Gasteiger partial charge in [0, 0.05) is 16.4 Å². The molecule has 1 heterocycles. The SMILES string of the molecule is O=C(COC(=O)c1ccc(OC[C@@H]2CCCO2)cc1)Nc1ccccc1Sc1ccccc1. The van der Waals surface area contributed by atoms with Crippen LogP contribution in [0.15, 0.2) is 88.7 Å². The molecule has 0 saturated carbocycles. The predicted octanol–water partition coefficient (Wildman–Crippen LogP) is 5.19. The molecule has 7 heteroatoms. The number of hydrogen-bond donors (Lipinski definition) is 1. The van der Waals surface area contributed by atoms with E-state index in [1.807, 2.05) is 54.6 Å². The maximum absolute atomic E-state index is 12.4. The van der Waals surface area contributed by atoms with Crippen LogP contribution < -0.4 is 10.1 Å². The number of amides is 1. The molecule has 170 valence electrons. The molecule has 0 aromatic heterocycles. The van der Waals surface area contributed by atoms with E-state index in [1.54, 1.807) is 36.0 Å². The fourth-order valence-corrected chi connectivity index (χ4v) is 4.25. The van der Waals surface area contributed by atoms with Crippen molar-refractivity contribution >= 4 is 29.3 Å². The average Bonchev–Trinajstić information content (AvgIpc) is 3.37. The van der Waals surface area contributed by atoms with Gasteiger partial charge in [-0.2, -0.15) is 0 Å². The lowest BCUT2D eigenvalue weighted by atomic mass is 10.2. The maximum Gasteiger partial charge on any atom is 0.338 e. The second-order valence-electron chi connectivity index (χ2n) is 7.51. The van der Waals surface area contributed by atoms with Crippen molar-refractivity contribution in [2.75, 3.05) is 25.1 Å². The number of benzene rings is 3. The van der Waals surface area contributed by atoms with Crippen molar-refractivity contribution in [2.24, 2.45) is 0 Å². The van der Waals surface area contributed by atoms with Gasteiger partial charge in [-0.05, 0) is 61.4 Å². The van der Waals surface area contributed by atoms with Gasteiger partial charge in [0.25, 0.3) is 5.91 Å². The summed E-state index contributed by atoms with van der Waals surface area (Å²) in [5.74, 6) is -0.309. The van der Waals surface area contributed by atoms with Crippen LogP contribution in [0.2, 0.25) is 0 Å². The van der Waals surface area contributed by atoms with Crippen LogP contribution in [0.4, 0.5) is 5.69 Å². The highest BCUT2D eigenvalue weighted by Crippen LogP contribution is 2.33. The smallest absolute Gasteiger partial charge is 0.338 e. The lowest BCUT2D eigenvalue weighted by molar-refractivity contribution is -0.119. The third kappa shape index (κ3) is 6.84. The first-order valence-corrected chi connectivity index (χ1v) is 11.6. The topological polar surface area (TPSA) is 73.9 Å². The lowest BCUT2D eigenvalue weighted by Gasteiger charge is -2.12. The molecule has 1 N–H and O–H groups in total. The summed E-state index contributed by atoms with van der Waals surface area (Å²) in [4.78, 5) is 26.7. The van der Waals surface area contributed by atoms with Crippen molar-refractivity contribution in [2.45, 2.75) is 28.7 Å². The number of nitrogens with one attached hydrogen (secondary N) is 1. The van der Waals surface area contributed by atoms with Gasteiger partial charge >= 0.3 is 5.97 Å². The zero-order valence-electron chi connectivity index (χ0n) is 18.1. The quantitative estimate of drug-likeness (QED) is 0.440. The Bertz CT molecular complexity index is 1070. The van der Waals surface area contributed by atoms with E-state index < -0.39 is 11.9 Å². The number of ether oxygens (including phenoxy) is 3. The third-order valence-electron chi connectivity index (χ3n) is 5.02. The molecule has 1 aliphatic rings. The summed E-state index contributed by atoms with van der Waals surface area (Å²) in [6.07, 6.45) is 2.19. The van der Waals surface area contributed by atoms with E-state index in [9.17, 15) is 9.59 Å². The van der Waals surface area contributed by atoms with E-state index in [-0.39, 0.29) is 12.7 Å². The number of rotatable bonds is 9. The molecule has 1 aliphatic heterocycles. The van der Waals surface area contributed by atoms with Crippen molar-refractivity contribution in [1.29, 1.82) is 0 Å². The molecule has 0 radical (unpaired) electrons. The normalized spacial score (nSPS) is 15.1. The van der Waals surface area contributed by atoms with Crippen molar-refractivity contribution in [3.8, 4) is 5.75 Å². The van der Waals surface area contributed by atoms with Gasteiger partial charge in [-0.1, -0.05) is 42.1 Å². The summed E-state index contributed by atoms with van der Waals surface area (Å²) >= 11 is 1.55. The van der Waals surface area contributed by atoms with Gasteiger partial charge in [0.1, 0.15) is 12.4 Å². The highest BCUT2D eigenvalue weighted by Gasteiger charge is 2.16. The average molecular weight is 464 g/mol. The molecule has 3 aromatic rings. The van der Waals surface area contributed by atoms with Gasteiger partial charge in [0.2, 0.25) is 0 Å². The van der Waals surface area contributed by atoms with E-state index in [1.165, 1.54) is 0 Å². The Morgan fingerprint density at radius 1 is 0.970 bits per heavy atom. The zero-order chi connectivity index (χ0) is 22.9. The maximum atomic E-state index is 12.4. The molecule has 33 heavy (non-hydrogen) atoms. The van der Waals surface area contributed by atoms with E-state index in [0.29, 0.717) is 23.6 Å². The van der Waals surface area contributed by atoms with Crippen molar-refractivity contribution in [3.05, 3.63) is 84.4 Å². The predicted molar refractivity (Wildman–Crippen MR) is 127 cm³/mol. The van der Waals surface area contributed by atoms with E-state index in [2.05, 4.69) is 5.32 Å². The van der Waals surface area contributed by atoms with Gasteiger partial charge in [0.05, 0.1) is 17.4 Å². The van der Waals surface area contributed by atoms with Crippen LogP contribution in [0, 0.1) is 0 Å². The molecular weight excluding hydrogens is 438 g/mol.